The number of benzene rings is 1. The molecule has 1 aromatic rings. The second-order valence-corrected chi connectivity index (χ2v) is 7.52. The molecule has 1 aliphatic carbocycles. The maximum absolute atomic E-state index is 6.56. The van der Waals surface area contributed by atoms with Gasteiger partial charge in [0.05, 0.1) is 10.7 Å². The number of nitrogens with zero attached hydrogens (tertiary/aromatic N) is 1. The van der Waals surface area contributed by atoms with Crippen molar-refractivity contribution < 1.29 is 0 Å². The lowest BCUT2D eigenvalue weighted by Gasteiger charge is -2.31. The molecule has 21 heavy (non-hydrogen) atoms. The van der Waals surface area contributed by atoms with E-state index in [1.165, 1.54) is 36.9 Å². The minimum absolute atomic E-state index is 0.129. The van der Waals surface area contributed by atoms with Gasteiger partial charge in [0.2, 0.25) is 0 Å². The van der Waals surface area contributed by atoms with Crippen LogP contribution in [0.3, 0.4) is 0 Å². The molecular weight excluding hydrogens is 280 g/mol. The van der Waals surface area contributed by atoms with Gasteiger partial charge in [-0.1, -0.05) is 30.5 Å². The van der Waals surface area contributed by atoms with Crippen LogP contribution in [0.1, 0.15) is 58.9 Å². The molecule has 1 aliphatic rings. The first kappa shape index (κ1) is 16.6. The van der Waals surface area contributed by atoms with E-state index in [1.807, 2.05) is 0 Å². The Morgan fingerprint density at radius 3 is 2.43 bits per heavy atom. The third-order valence-electron chi connectivity index (χ3n) is 4.25. The fourth-order valence-electron chi connectivity index (χ4n) is 3.10. The van der Waals surface area contributed by atoms with E-state index in [9.17, 15) is 0 Å². The zero-order valence-corrected chi connectivity index (χ0v) is 14.6. The van der Waals surface area contributed by atoms with Gasteiger partial charge in [-0.15, -0.1) is 0 Å². The first-order valence-electron chi connectivity index (χ1n) is 8.21. The van der Waals surface area contributed by atoms with E-state index in [2.05, 4.69) is 56.1 Å². The van der Waals surface area contributed by atoms with Gasteiger partial charge in [0.1, 0.15) is 0 Å². The molecule has 0 spiro atoms. The summed E-state index contributed by atoms with van der Waals surface area (Å²) < 4.78 is 0. The number of hydrogen-bond acceptors (Lipinski definition) is 2. The number of anilines is 1. The minimum atomic E-state index is 0.129. The third-order valence-corrected chi connectivity index (χ3v) is 4.55. The zero-order valence-electron chi connectivity index (χ0n) is 13.9. The van der Waals surface area contributed by atoms with Crippen molar-refractivity contribution in [2.75, 3.05) is 11.4 Å². The van der Waals surface area contributed by atoms with Gasteiger partial charge in [-0.2, -0.15) is 0 Å². The Hall–Kier alpha value is -0.730. The largest absolute Gasteiger partial charge is 0.368 e. The normalized spacial score (nSPS) is 16.4. The van der Waals surface area contributed by atoms with Crippen LogP contribution in [0.5, 0.6) is 0 Å². The van der Waals surface area contributed by atoms with Crippen LogP contribution < -0.4 is 10.2 Å². The molecule has 0 unspecified atom stereocenters. The fraction of sp³-hybridized carbons (Fsp3) is 0.667. The van der Waals surface area contributed by atoms with Gasteiger partial charge in [0.15, 0.2) is 0 Å². The molecule has 2 rings (SSSR count). The van der Waals surface area contributed by atoms with Gasteiger partial charge < -0.3 is 10.2 Å². The first-order valence-corrected chi connectivity index (χ1v) is 8.58. The molecule has 118 valence electrons. The molecule has 1 fully saturated rings. The maximum atomic E-state index is 6.56. The second-order valence-electron chi connectivity index (χ2n) is 7.11. The molecule has 0 aliphatic heterocycles. The Morgan fingerprint density at radius 2 is 1.90 bits per heavy atom. The van der Waals surface area contributed by atoms with Crippen molar-refractivity contribution in [3.05, 3.63) is 28.8 Å². The molecule has 0 amide bonds. The highest BCUT2D eigenvalue weighted by molar-refractivity contribution is 6.33. The molecule has 0 radical (unpaired) electrons. The molecule has 1 aromatic carbocycles. The van der Waals surface area contributed by atoms with E-state index < -0.39 is 0 Å². The van der Waals surface area contributed by atoms with E-state index in [-0.39, 0.29) is 5.54 Å². The van der Waals surface area contributed by atoms with Crippen LogP contribution in [0.15, 0.2) is 18.2 Å². The van der Waals surface area contributed by atoms with Gasteiger partial charge in [-0.05, 0) is 58.2 Å². The lowest BCUT2D eigenvalue weighted by atomic mass is 10.1. The predicted molar refractivity (Wildman–Crippen MR) is 93.3 cm³/mol. The summed E-state index contributed by atoms with van der Waals surface area (Å²) in [6.07, 6.45) is 5.31. The summed E-state index contributed by atoms with van der Waals surface area (Å²) in [7, 11) is 0. The van der Waals surface area contributed by atoms with E-state index in [0.29, 0.717) is 6.04 Å². The molecule has 0 aromatic heterocycles. The average molecular weight is 309 g/mol. The van der Waals surface area contributed by atoms with Crippen LogP contribution in [-0.4, -0.2) is 18.1 Å². The van der Waals surface area contributed by atoms with Gasteiger partial charge in [-0.25, -0.2) is 0 Å². The summed E-state index contributed by atoms with van der Waals surface area (Å²) in [5.41, 5.74) is 2.58. The van der Waals surface area contributed by atoms with Crippen molar-refractivity contribution in [1.82, 2.24) is 5.32 Å². The predicted octanol–water partition coefficient (Wildman–Crippen LogP) is 5.00. The number of rotatable bonds is 5. The molecule has 1 N–H and O–H groups in total. The van der Waals surface area contributed by atoms with Crippen molar-refractivity contribution in [3.63, 3.8) is 0 Å². The Bertz CT molecular complexity index is 459. The molecule has 0 atom stereocenters. The second kappa shape index (κ2) is 7.02. The first-order chi connectivity index (χ1) is 9.90. The zero-order chi connectivity index (χ0) is 15.5. The van der Waals surface area contributed by atoms with E-state index >= 15 is 0 Å². The molecule has 2 nitrogen and oxygen atoms in total. The van der Waals surface area contributed by atoms with E-state index in [4.69, 9.17) is 11.6 Å². The molecule has 1 saturated carbocycles. The van der Waals surface area contributed by atoms with Crippen LogP contribution in [0.4, 0.5) is 5.69 Å². The topological polar surface area (TPSA) is 15.3 Å². The molecule has 0 bridgehead atoms. The van der Waals surface area contributed by atoms with Crippen molar-refractivity contribution >= 4 is 17.3 Å². The summed E-state index contributed by atoms with van der Waals surface area (Å²) >= 11 is 6.56. The van der Waals surface area contributed by atoms with Crippen LogP contribution >= 0.6 is 11.6 Å². The van der Waals surface area contributed by atoms with E-state index in [0.717, 1.165) is 18.1 Å². The van der Waals surface area contributed by atoms with Gasteiger partial charge in [0.25, 0.3) is 0 Å². The lowest BCUT2D eigenvalue weighted by Crippen LogP contribution is -2.35. The van der Waals surface area contributed by atoms with Gasteiger partial charge in [0, 0.05) is 24.7 Å². The fourth-order valence-corrected chi connectivity index (χ4v) is 3.41. The summed E-state index contributed by atoms with van der Waals surface area (Å²) in [6, 6.07) is 7.19. The highest BCUT2D eigenvalue weighted by Gasteiger charge is 2.23. The molecule has 3 heteroatoms. The number of nitrogens with one attached hydrogen (secondary N) is 1. The summed E-state index contributed by atoms with van der Waals surface area (Å²) in [4.78, 5) is 2.48. The van der Waals surface area contributed by atoms with Crippen LogP contribution in [0.25, 0.3) is 0 Å². The highest BCUT2D eigenvalue weighted by Crippen LogP contribution is 2.33. The van der Waals surface area contributed by atoms with Crippen LogP contribution in [0.2, 0.25) is 5.02 Å². The highest BCUT2D eigenvalue weighted by atomic mass is 35.5. The average Bonchev–Trinajstić information content (AvgIpc) is 2.92. The summed E-state index contributed by atoms with van der Waals surface area (Å²) in [5.74, 6) is 0. The van der Waals surface area contributed by atoms with Gasteiger partial charge in [-0.3, -0.25) is 0 Å². The summed E-state index contributed by atoms with van der Waals surface area (Å²) in [5, 5.41) is 4.40. The number of halogens is 1. The quantitative estimate of drug-likeness (QED) is 0.823. The summed E-state index contributed by atoms with van der Waals surface area (Å²) in [6.45, 7) is 10.7. The molecular formula is C18H29ClN2. The standard InChI is InChI=1S/C18H29ClN2/c1-5-21(15-8-6-7-9-15)17-11-10-14(12-16(17)19)13-20-18(2,3)4/h10-12,15,20H,5-9,13H2,1-4H3. The Balaban J connectivity index is 2.10. The molecule has 0 heterocycles. The van der Waals surface area contributed by atoms with Gasteiger partial charge >= 0.3 is 0 Å². The SMILES string of the molecule is CCN(c1ccc(CNC(C)(C)C)cc1Cl)C1CCCC1. The molecule has 0 saturated heterocycles. The monoisotopic (exact) mass is 308 g/mol. The minimum Gasteiger partial charge on any atom is -0.368 e. The van der Waals surface area contributed by atoms with Crippen molar-refractivity contribution in [1.29, 1.82) is 0 Å². The van der Waals surface area contributed by atoms with Crippen molar-refractivity contribution in [2.45, 2.75) is 71.5 Å². The lowest BCUT2D eigenvalue weighted by molar-refractivity contribution is 0.424. The maximum Gasteiger partial charge on any atom is 0.0642 e. The third kappa shape index (κ3) is 4.62. The Morgan fingerprint density at radius 1 is 1.24 bits per heavy atom. The van der Waals surface area contributed by atoms with Crippen LogP contribution in [-0.2, 0) is 6.54 Å². The number of hydrogen-bond donors (Lipinski definition) is 1. The van der Waals surface area contributed by atoms with Crippen LogP contribution in [0, 0.1) is 0 Å². The van der Waals surface area contributed by atoms with Crippen molar-refractivity contribution in [2.24, 2.45) is 0 Å². The van der Waals surface area contributed by atoms with E-state index in [1.54, 1.807) is 0 Å². The Kier molecular flexibility index (Phi) is 5.56. The Labute approximate surface area is 134 Å². The van der Waals surface area contributed by atoms with Crippen molar-refractivity contribution in [3.8, 4) is 0 Å². The smallest absolute Gasteiger partial charge is 0.0642 e.